The predicted molar refractivity (Wildman–Crippen MR) is 87.3 cm³/mol. The summed E-state index contributed by atoms with van der Waals surface area (Å²) in [5, 5.41) is 0.255. The first-order chi connectivity index (χ1) is 11.2. The molecule has 0 spiro atoms. The maximum absolute atomic E-state index is 12.6. The standard InChI is InChI=1S/C14H13F3N2O3S2/c1-7-9(6-20)24-12-10(7)11(21)19(8-2-3-8)13(22)18(12)4-5-23-14(15,16)17/h6,8H,2-5H2,1H3. The van der Waals surface area contributed by atoms with Crippen LogP contribution in [-0.2, 0) is 6.54 Å². The summed E-state index contributed by atoms with van der Waals surface area (Å²) in [6.07, 6.45) is 1.99. The lowest BCUT2D eigenvalue weighted by molar-refractivity contribution is -0.0328. The zero-order chi connectivity index (χ0) is 17.6. The normalized spacial score (nSPS) is 15.2. The van der Waals surface area contributed by atoms with Crippen LogP contribution in [0, 0.1) is 6.92 Å². The van der Waals surface area contributed by atoms with Crippen molar-refractivity contribution in [2.75, 3.05) is 5.75 Å². The fourth-order valence-corrected chi connectivity index (χ4v) is 4.24. The minimum Gasteiger partial charge on any atom is -0.297 e. The van der Waals surface area contributed by atoms with Gasteiger partial charge in [-0.3, -0.25) is 18.7 Å². The molecule has 24 heavy (non-hydrogen) atoms. The molecule has 0 saturated heterocycles. The Kier molecular flexibility index (Phi) is 4.37. The summed E-state index contributed by atoms with van der Waals surface area (Å²) in [6, 6.07) is -0.199. The van der Waals surface area contributed by atoms with E-state index in [4.69, 9.17) is 0 Å². The van der Waals surface area contributed by atoms with Crippen LogP contribution in [-0.4, -0.2) is 26.7 Å². The number of carbonyl (C=O) groups is 1. The maximum atomic E-state index is 12.6. The molecule has 0 unspecified atom stereocenters. The Bertz CT molecular complexity index is 922. The number of hydrogen-bond donors (Lipinski definition) is 0. The number of aryl methyl sites for hydroxylation is 2. The second-order valence-electron chi connectivity index (χ2n) is 5.52. The van der Waals surface area contributed by atoms with E-state index >= 15 is 0 Å². The summed E-state index contributed by atoms with van der Waals surface area (Å²) in [7, 11) is 0. The zero-order valence-electron chi connectivity index (χ0n) is 12.6. The third kappa shape index (κ3) is 3.04. The number of aromatic nitrogens is 2. The van der Waals surface area contributed by atoms with Gasteiger partial charge in [0.2, 0.25) is 0 Å². The van der Waals surface area contributed by atoms with E-state index in [1.807, 2.05) is 0 Å². The minimum atomic E-state index is -4.38. The molecule has 2 heterocycles. The van der Waals surface area contributed by atoms with E-state index in [2.05, 4.69) is 0 Å². The molecule has 0 radical (unpaired) electrons. The van der Waals surface area contributed by atoms with Gasteiger partial charge >= 0.3 is 11.2 Å². The van der Waals surface area contributed by atoms with E-state index in [1.54, 1.807) is 6.92 Å². The molecule has 0 amide bonds. The van der Waals surface area contributed by atoms with Gasteiger partial charge in [-0.1, -0.05) is 0 Å². The van der Waals surface area contributed by atoms with Gasteiger partial charge in [-0.2, -0.15) is 13.2 Å². The van der Waals surface area contributed by atoms with Gasteiger partial charge in [0, 0.05) is 18.3 Å². The van der Waals surface area contributed by atoms with Crippen molar-refractivity contribution in [3.8, 4) is 0 Å². The van der Waals surface area contributed by atoms with Crippen molar-refractivity contribution in [3.05, 3.63) is 31.3 Å². The van der Waals surface area contributed by atoms with Crippen molar-refractivity contribution < 1.29 is 18.0 Å². The number of aldehydes is 1. The van der Waals surface area contributed by atoms with Crippen LogP contribution in [0.25, 0.3) is 10.2 Å². The van der Waals surface area contributed by atoms with Crippen LogP contribution in [0.2, 0.25) is 0 Å². The molecule has 1 aliphatic rings. The van der Waals surface area contributed by atoms with Gasteiger partial charge in [0.1, 0.15) is 4.83 Å². The molecule has 0 aliphatic heterocycles. The first kappa shape index (κ1) is 17.3. The van der Waals surface area contributed by atoms with E-state index in [1.165, 1.54) is 4.57 Å². The molecule has 0 atom stereocenters. The fraction of sp³-hybridized carbons (Fsp3) is 0.500. The van der Waals surface area contributed by atoms with E-state index in [0.29, 0.717) is 29.6 Å². The fourth-order valence-electron chi connectivity index (χ4n) is 2.60. The lowest BCUT2D eigenvalue weighted by atomic mass is 10.2. The molecule has 1 aliphatic carbocycles. The molecule has 1 fully saturated rings. The largest absolute Gasteiger partial charge is 0.441 e. The van der Waals surface area contributed by atoms with E-state index in [9.17, 15) is 27.6 Å². The van der Waals surface area contributed by atoms with Gasteiger partial charge in [0.15, 0.2) is 6.29 Å². The topological polar surface area (TPSA) is 61.1 Å². The molecule has 3 rings (SSSR count). The SMILES string of the molecule is Cc1c(C=O)sc2c1c(=O)n(C1CC1)c(=O)n2CCSC(F)(F)F. The Labute approximate surface area is 142 Å². The molecule has 0 aromatic carbocycles. The third-order valence-electron chi connectivity index (χ3n) is 3.88. The number of halogens is 3. The first-order valence-corrected chi connectivity index (χ1v) is 8.99. The molecule has 2 aromatic heterocycles. The van der Waals surface area contributed by atoms with Gasteiger partial charge in [0.05, 0.1) is 10.3 Å². The van der Waals surface area contributed by atoms with Crippen molar-refractivity contribution in [2.24, 2.45) is 0 Å². The van der Waals surface area contributed by atoms with Crippen molar-refractivity contribution in [2.45, 2.75) is 37.9 Å². The number of alkyl halides is 3. The van der Waals surface area contributed by atoms with Crippen LogP contribution in [0.3, 0.4) is 0 Å². The van der Waals surface area contributed by atoms with Crippen molar-refractivity contribution in [1.29, 1.82) is 0 Å². The summed E-state index contributed by atoms with van der Waals surface area (Å²) < 4.78 is 39.4. The molecule has 130 valence electrons. The molecule has 1 saturated carbocycles. The zero-order valence-corrected chi connectivity index (χ0v) is 14.2. The highest BCUT2D eigenvalue weighted by molar-refractivity contribution is 8.00. The Balaban J connectivity index is 2.17. The molecule has 0 bridgehead atoms. The maximum Gasteiger partial charge on any atom is 0.441 e. The molecule has 2 aromatic rings. The van der Waals surface area contributed by atoms with E-state index < -0.39 is 16.8 Å². The predicted octanol–water partition coefficient (Wildman–Crippen LogP) is 2.93. The molecule has 10 heteroatoms. The van der Waals surface area contributed by atoms with Crippen molar-refractivity contribution in [3.63, 3.8) is 0 Å². The average molecular weight is 378 g/mol. The lowest BCUT2D eigenvalue weighted by Gasteiger charge is -2.12. The summed E-state index contributed by atoms with van der Waals surface area (Å²) in [6.45, 7) is 1.44. The number of thioether (sulfide) groups is 1. The molecular weight excluding hydrogens is 365 g/mol. The highest BCUT2D eigenvalue weighted by Crippen LogP contribution is 2.34. The summed E-state index contributed by atoms with van der Waals surface area (Å²) in [4.78, 5) is 36.9. The molecular formula is C14H13F3N2O3S2. The monoisotopic (exact) mass is 378 g/mol. The Morgan fingerprint density at radius 3 is 2.54 bits per heavy atom. The second kappa shape index (κ2) is 6.07. The quantitative estimate of drug-likeness (QED) is 0.751. The number of nitrogens with zero attached hydrogens (tertiary/aromatic N) is 2. The van der Waals surface area contributed by atoms with Crippen LogP contribution in [0.15, 0.2) is 9.59 Å². The number of rotatable bonds is 5. The Morgan fingerprint density at radius 2 is 2.00 bits per heavy atom. The van der Waals surface area contributed by atoms with E-state index in [0.717, 1.165) is 15.9 Å². The van der Waals surface area contributed by atoms with Crippen LogP contribution in [0.5, 0.6) is 0 Å². The summed E-state index contributed by atoms with van der Waals surface area (Å²) in [5.41, 5.74) is -4.97. The van der Waals surface area contributed by atoms with Gasteiger partial charge in [-0.05, 0) is 37.1 Å². The van der Waals surface area contributed by atoms with Crippen LogP contribution >= 0.6 is 23.1 Å². The smallest absolute Gasteiger partial charge is 0.297 e. The molecule has 5 nitrogen and oxygen atoms in total. The first-order valence-electron chi connectivity index (χ1n) is 7.19. The summed E-state index contributed by atoms with van der Waals surface area (Å²) >= 11 is 0.753. The highest BCUT2D eigenvalue weighted by atomic mass is 32.2. The number of fused-ring (bicyclic) bond motifs is 1. The van der Waals surface area contributed by atoms with Crippen molar-refractivity contribution in [1.82, 2.24) is 9.13 Å². The second-order valence-corrected chi connectivity index (χ2v) is 7.71. The number of hydrogen-bond acceptors (Lipinski definition) is 5. The van der Waals surface area contributed by atoms with Gasteiger partial charge in [-0.15, -0.1) is 11.3 Å². The van der Waals surface area contributed by atoms with Gasteiger partial charge in [-0.25, -0.2) is 4.79 Å². The lowest BCUT2D eigenvalue weighted by Crippen LogP contribution is -2.39. The Hall–Kier alpha value is -1.55. The van der Waals surface area contributed by atoms with Gasteiger partial charge in [0.25, 0.3) is 5.56 Å². The number of carbonyl (C=O) groups excluding carboxylic acids is 1. The van der Waals surface area contributed by atoms with Crippen LogP contribution in [0.1, 0.15) is 34.1 Å². The van der Waals surface area contributed by atoms with Crippen molar-refractivity contribution >= 4 is 39.6 Å². The average Bonchev–Trinajstić information content (AvgIpc) is 3.25. The number of thiophene rings is 1. The minimum absolute atomic E-state index is 0.176. The van der Waals surface area contributed by atoms with Crippen LogP contribution in [0.4, 0.5) is 13.2 Å². The summed E-state index contributed by atoms with van der Waals surface area (Å²) in [5.74, 6) is -0.339. The van der Waals surface area contributed by atoms with Crippen LogP contribution < -0.4 is 11.2 Å². The van der Waals surface area contributed by atoms with Gasteiger partial charge < -0.3 is 0 Å². The highest BCUT2D eigenvalue weighted by Gasteiger charge is 2.31. The Morgan fingerprint density at radius 1 is 1.33 bits per heavy atom. The van der Waals surface area contributed by atoms with E-state index in [-0.39, 0.29) is 40.3 Å². The third-order valence-corrected chi connectivity index (χ3v) is 5.83. The molecule has 0 N–H and O–H groups in total.